The van der Waals surface area contributed by atoms with E-state index in [1.54, 1.807) is 36.7 Å². The van der Waals surface area contributed by atoms with Crippen molar-refractivity contribution in [1.82, 2.24) is 10.3 Å². The van der Waals surface area contributed by atoms with Gasteiger partial charge in [0.1, 0.15) is 11.5 Å². The van der Waals surface area contributed by atoms with Gasteiger partial charge in [0, 0.05) is 17.8 Å². The first kappa shape index (κ1) is 16.6. The second-order valence-electron chi connectivity index (χ2n) is 5.09. The Balaban J connectivity index is 1.56. The van der Waals surface area contributed by atoms with Gasteiger partial charge in [-0.15, -0.1) is 0 Å². The molecule has 0 bridgehead atoms. The van der Waals surface area contributed by atoms with Crippen LogP contribution in [-0.2, 0) is 4.79 Å². The molecule has 0 fully saturated rings. The van der Waals surface area contributed by atoms with Crippen molar-refractivity contribution >= 4 is 35.0 Å². The minimum absolute atomic E-state index is 0.201. The van der Waals surface area contributed by atoms with Gasteiger partial charge in [-0.05, 0) is 42.6 Å². The van der Waals surface area contributed by atoms with Gasteiger partial charge in [0.2, 0.25) is 5.91 Å². The average Bonchev–Trinajstić information content (AvgIpc) is 3.10. The normalized spacial score (nSPS) is 10.6. The van der Waals surface area contributed by atoms with E-state index in [9.17, 15) is 4.79 Å². The van der Waals surface area contributed by atoms with Gasteiger partial charge in [-0.3, -0.25) is 15.1 Å². The predicted molar refractivity (Wildman–Crippen MR) is 102 cm³/mol. The highest BCUT2D eigenvalue weighted by Gasteiger charge is 2.04. The fourth-order valence-electron chi connectivity index (χ4n) is 2.11. The van der Waals surface area contributed by atoms with Gasteiger partial charge in [-0.2, -0.15) is 0 Å². The third-order valence-corrected chi connectivity index (χ3v) is 3.44. The zero-order valence-corrected chi connectivity index (χ0v) is 14.0. The average molecular weight is 349 g/mol. The van der Waals surface area contributed by atoms with E-state index >= 15 is 0 Å². The van der Waals surface area contributed by atoms with Crippen LogP contribution in [0.3, 0.4) is 0 Å². The highest BCUT2D eigenvalue weighted by molar-refractivity contribution is 7.80. The third kappa shape index (κ3) is 4.86. The maximum atomic E-state index is 11.9. The number of anilines is 1. The number of hydrogen-bond acceptors (Lipinski definition) is 4. The number of aromatic nitrogens is 1. The first-order valence-corrected chi connectivity index (χ1v) is 7.97. The van der Waals surface area contributed by atoms with E-state index in [1.165, 1.54) is 6.08 Å². The van der Waals surface area contributed by atoms with E-state index < -0.39 is 0 Å². The number of thiocarbonyl (C=S) groups is 1. The molecule has 25 heavy (non-hydrogen) atoms. The molecule has 0 saturated heterocycles. The molecule has 3 rings (SSSR count). The summed E-state index contributed by atoms with van der Waals surface area (Å²) < 4.78 is 5.70. The highest BCUT2D eigenvalue weighted by Crippen LogP contribution is 2.22. The Kier molecular flexibility index (Phi) is 5.33. The number of benzene rings is 1. The first-order chi connectivity index (χ1) is 12.2. The molecule has 1 amide bonds. The Morgan fingerprint density at radius 2 is 1.92 bits per heavy atom. The molecule has 0 atom stereocenters. The van der Waals surface area contributed by atoms with Crippen molar-refractivity contribution in [3.05, 3.63) is 78.8 Å². The van der Waals surface area contributed by atoms with Crippen LogP contribution >= 0.6 is 12.2 Å². The van der Waals surface area contributed by atoms with Crippen molar-refractivity contribution in [2.45, 2.75) is 0 Å². The maximum absolute atomic E-state index is 11.9. The van der Waals surface area contributed by atoms with Crippen LogP contribution in [-0.4, -0.2) is 16.0 Å². The van der Waals surface area contributed by atoms with Gasteiger partial charge in [0.05, 0.1) is 11.9 Å². The number of hydrogen-bond donors (Lipinski definition) is 2. The lowest BCUT2D eigenvalue weighted by Gasteiger charge is -2.06. The van der Waals surface area contributed by atoms with Crippen LogP contribution in [0.15, 0.2) is 77.5 Å². The van der Waals surface area contributed by atoms with Crippen LogP contribution in [0.4, 0.5) is 5.69 Å². The molecule has 2 N–H and O–H groups in total. The number of rotatable bonds is 4. The molecule has 0 aliphatic carbocycles. The Hall–Kier alpha value is -3.25. The highest BCUT2D eigenvalue weighted by atomic mass is 32.1. The summed E-state index contributed by atoms with van der Waals surface area (Å²) in [5.74, 6) is 0.980. The molecule has 1 aromatic carbocycles. The minimum atomic E-state index is -0.348. The second kappa shape index (κ2) is 8.03. The Bertz CT molecular complexity index is 889. The Labute approximate surface area is 150 Å². The zero-order chi connectivity index (χ0) is 17.5. The quantitative estimate of drug-likeness (QED) is 0.553. The summed E-state index contributed by atoms with van der Waals surface area (Å²) in [5, 5.41) is 5.64. The second-order valence-corrected chi connectivity index (χ2v) is 5.49. The first-order valence-electron chi connectivity index (χ1n) is 7.56. The van der Waals surface area contributed by atoms with Crippen molar-refractivity contribution in [3.8, 4) is 11.3 Å². The van der Waals surface area contributed by atoms with E-state index in [0.717, 1.165) is 11.3 Å². The van der Waals surface area contributed by atoms with Crippen LogP contribution in [0, 0.1) is 0 Å². The smallest absolute Gasteiger partial charge is 0.250 e. The monoisotopic (exact) mass is 349 g/mol. The number of pyridine rings is 1. The van der Waals surface area contributed by atoms with Crippen LogP contribution in [0.1, 0.15) is 5.76 Å². The molecule has 0 saturated carbocycles. The van der Waals surface area contributed by atoms with Crippen molar-refractivity contribution in [1.29, 1.82) is 0 Å². The van der Waals surface area contributed by atoms with E-state index in [4.69, 9.17) is 16.6 Å². The van der Waals surface area contributed by atoms with Gasteiger partial charge in [0.25, 0.3) is 0 Å². The van der Waals surface area contributed by atoms with Gasteiger partial charge in [0.15, 0.2) is 5.11 Å². The van der Waals surface area contributed by atoms with Gasteiger partial charge < -0.3 is 9.73 Å². The van der Waals surface area contributed by atoms with Gasteiger partial charge in [-0.1, -0.05) is 30.3 Å². The van der Waals surface area contributed by atoms with E-state index in [2.05, 4.69) is 15.6 Å². The summed E-state index contributed by atoms with van der Waals surface area (Å²) in [6.45, 7) is 0. The zero-order valence-electron chi connectivity index (χ0n) is 13.2. The molecule has 6 heteroatoms. The molecule has 0 radical (unpaired) electrons. The van der Waals surface area contributed by atoms with Crippen molar-refractivity contribution in [3.63, 3.8) is 0 Å². The number of carbonyl (C=O) groups is 1. The fourth-order valence-corrected chi connectivity index (χ4v) is 2.33. The summed E-state index contributed by atoms with van der Waals surface area (Å²) in [6, 6.07) is 17.0. The van der Waals surface area contributed by atoms with Gasteiger partial charge >= 0.3 is 0 Å². The molecule has 0 aliphatic heterocycles. The topological polar surface area (TPSA) is 67.2 Å². The molecule has 2 aromatic heterocycles. The Morgan fingerprint density at radius 3 is 2.68 bits per heavy atom. The molecule has 0 aliphatic rings. The number of amides is 1. The number of nitrogens with zero attached hydrogens (tertiary/aromatic N) is 1. The van der Waals surface area contributed by atoms with Crippen LogP contribution in [0.25, 0.3) is 17.4 Å². The fraction of sp³-hybridized carbons (Fsp3) is 0. The maximum Gasteiger partial charge on any atom is 0.250 e. The van der Waals surface area contributed by atoms with E-state index in [1.807, 2.05) is 36.4 Å². The number of nitrogens with one attached hydrogen (secondary N) is 2. The van der Waals surface area contributed by atoms with Gasteiger partial charge in [-0.25, -0.2) is 0 Å². The summed E-state index contributed by atoms with van der Waals surface area (Å²) in [6.07, 6.45) is 6.23. The Morgan fingerprint density at radius 1 is 1.08 bits per heavy atom. The minimum Gasteiger partial charge on any atom is -0.457 e. The molecule has 124 valence electrons. The number of carbonyl (C=O) groups excluding carboxylic acids is 1. The van der Waals surface area contributed by atoms with Crippen molar-refractivity contribution in [2.24, 2.45) is 0 Å². The largest absolute Gasteiger partial charge is 0.457 e. The molecule has 2 heterocycles. The molecular weight excluding hydrogens is 334 g/mol. The summed E-state index contributed by atoms with van der Waals surface area (Å²) in [5.41, 5.74) is 1.68. The van der Waals surface area contributed by atoms with Crippen LogP contribution < -0.4 is 10.6 Å². The molecule has 3 aromatic rings. The summed E-state index contributed by atoms with van der Waals surface area (Å²) in [4.78, 5) is 15.9. The lowest BCUT2D eigenvalue weighted by atomic mass is 10.2. The van der Waals surface area contributed by atoms with Crippen molar-refractivity contribution < 1.29 is 9.21 Å². The molecule has 0 spiro atoms. The number of furan rings is 1. The van der Waals surface area contributed by atoms with Crippen molar-refractivity contribution in [2.75, 3.05) is 5.32 Å². The lowest BCUT2D eigenvalue weighted by Crippen LogP contribution is -2.32. The lowest BCUT2D eigenvalue weighted by molar-refractivity contribution is -0.115. The van der Waals surface area contributed by atoms with E-state index in [0.29, 0.717) is 11.4 Å². The molecular formula is C19H15N3O2S. The predicted octanol–water partition coefficient (Wildman–Crippen LogP) is 3.87. The van der Waals surface area contributed by atoms with E-state index in [-0.39, 0.29) is 11.0 Å². The van der Waals surface area contributed by atoms with Crippen LogP contribution in [0.5, 0.6) is 0 Å². The van der Waals surface area contributed by atoms with Crippen LogP contribution in [0.2, 0.25) is 0 Å². The standard InChI is InChI=1S/C19H15N3O2S/c23-18(22-19(25)21-15-7-4-12-20-13-15)11-9-16-8-10-17(24-16)14-5-2-1-3-6-14/h1-13H,(H2,21,22,23,25)/b11-9+. The third-order valence-electron chi connectivity index (χ3n) is 3.24. The summed E-state index contributed by atoms with van der Waals surface area (Å²) >= 11 is 5.08. The SMILES string of the molecule is O=C(/C=C/c1ccc(-c2ccccc2)o1)NC(=S)Nc1cccnc1. The summed E-state index contributed by atoms with van der Waals surface area (Å²) in [7, 11) is 0. The molecule has 5 nitrogen and oxygen atoms in total. The molecule has 0 unspecified atom stereocenters.